The van der Waals surface area contributed by atoms with Crippen molar-refractivity contribution in [3.63, 3.8) is 0 Å². The molecule has 2 aliphatic carbocycles. The van der Waals surface area contributed by atoms with Crippen molar-refractivity contribution in [2.75, 3.05) is 13.2 Å². The lowest BCUT2D eigenvalue weighted by atomic mass is 10.00. The molecule has 0 N–H and O–H groups in total. The highest BCUT2D eigenvalue weighted by Crippen LogP contribution is 2.37. The largest absolute Gasteiger partial charge is 0.349 e. The van der Waals surface area contributed by atoms with Gasteiger partial charge >= 0.3 is 0 Å². The highest BCUT2D eigenvalue weighted by molar-refractivity contribution is 5.30. The summed E-state index contributed by atoms with van der Waals surface area (Å²) in [6, 6.07) is 0. The Morgan fingerprint density at radius 2 is 1.88 bits per heavy atom. The zero-order valence-corrected chi connectivity index (χ0v) is 10.1. The first-order chi connectivity index (χ1) is 7.85. The minimum Gasteiger partial charge on any atom is -0.349 e. The van der Waals surface area contributed by atoms with Crippen LogP contribution in [-0.4, -0.2) is 19.5 Å². The van der Waals surface area contributed by atoms with E-state index < -0.39 is 0 Å². The van der Waals surface area contributed by atoms with E-state index in [1.54, 1.807) is 0 Å². The van der Waals surface area contributed by atoms with Crippen LogP contribution in [0, 0.1) is 11.8 Å². The second kappa shape index (κ2) is 5.46. The van der Waals surface area contributed by atoms with Gasteiger partial charge in [-0.15, -0.1) is 0 Å². The Kier molecular flexibility index (Phi) is 3.97. The van der Waals surface area contributed by atoms with E-state index in [2.05, 4.69) is 30.4 Å². The summed E-state index contributed by atoms with van der Waals surface area (Å²) in [6.45, 7) is 5.41. The average Bonchev–Trinajstić information content (AvgIpc) is 2.50. The van der Waals surface area contributed by atoms with Crippen molar-refractivity contribution in [3.05, 3.63) is 36.0 Å². The molecule has 0 saturated heterocycles. The molecule has 0 saturated carbocycles. The highest BCUT2D eigenvalue weighted by Gasteiger charge is 2.30. The molecular weight excluding hydrogens is 200 g/mol. The van der Waals surface area contributed by atoms with Crippen molar-refractivity contribution in [2.45, 2.75) is 26.6 Å². The fourth-order valence-corrected chi connectivity index (χ4v) is 2.39. The summed E-state index contributed by atoms with van der Waals surface area (Å²) in [7, 11) is 0. The molecule has 2 aliphatic rings. The summed E-state index contributed by atoms with van der Waals surface area (Å²) in [5.41, 5.74) is 1.30. The van der Waals surface area contributed by atoms with E-state index in [9.17, 15) is 0 Å². The van der Waals surface area contributed by atoms with E-state index in [0.717, 1.165) is 0 Å². The first kappa shape index (κ1) is 11.6. The van der Waals surface area contributed by atoms with Crippen molar-refractivity contribution in [1.29, 1.82) is 0 Å². The van der Waals surface area contributed by atoms with E-state index in [-0.39, 0.29) is 6.29 Å². The summed E-state index contributed by atoms with van der Waals surface area (Å²) in [6.07, 6.45) is 12.1. The Morgan fingerprint density at radius 3 is 2.56 bits per heavy atom. The van der Waals surface area contributed by atoms with Crippen LogP contribution in [0.25, 0.3) is 0 Å². The summed E-state index contributed by atoms with van der Waals surface area (Å²) in [5, 5.41) is 0. The van der Waals surface area contributed by atoms with Crippen LogP contribution < -0.4 is 0 Å². The van der Waals surface area contributed by atoms with Gasteiger partial charge < -0.3 is 9.47 Å². The molecule has 0 aromatic heterocycles. The molecule has 0 aromatic rings. The van der Waals surface area contributed by atoms with Gasteiger partial charge in [-0.2, -0.15) is 0 Å². The smallest absolute Gasteiger partial charge is 0.180 e. The third-order valence-electron chi connectivity index (χ3n) is 3.08. The standard InChI is InChI=1S/C14H20O2/c1-3-15-14(16-4-2)13-10-11-7-5-6-8-12(13)9-11/h5-8,10-12,14H,3-4,9H2,1-2H3. The number of hydrogen-bond acceptors (Lipinski definition) is 2. The predicted octanol–water partition coefficient (Wildman–Crippen LogP) is 3.07. The fourth-order valence-electron chi connectivity index (χ4n) is 2.39. The number of fused-ring (bicyclic) bond motifs is 2. The summed E-state index contributed by atoms with van der Waals surface area (Å²) < 4.78 is 11.3. The first-order valence-electron chi connectivity index (χ1n) is 6.15. The molecule has 0 amide bonds. The number of hydrogen-bond donors (Lipinski definition) is 0. The summed E-state index contributed by atoms with van der Waals surface area (Å²) in [5.74, 6) is 1.04. The van der Waals surface area contributed by atoms with Gasteiger partial charge in [0, 0.05) is 19.1 Å². The third kappa shape index (κ3) is 2.45. The van der Waals surface area contributed by atoms with E-state index in [4.69, 9.17) is 9.47 Å². The molecule has 16 heavy (non-hydrogen) atoms. The zero-order chi connectivity index (χ0) is 11.4. The predicted molar refractivity (Wildman–Crippen MR) is 65.0 cm³/mol. The van der Waals surface area contributed by atoms with Crippen LogP contribution in [0.15, 0.2) is 36.0 Å². The van der Waals surface area contributed by atoms with Crippen molar-refractivity contribution in [1.82, 2.24) is 0 Å². The zero-order valence-electron chi connectivity index (χ0n) is 10.1. The maximum absolute atomic E-state index is 5.67. The average molecular weight is 220 g/mol. The first-order valence-corrected chi connectivity index (χ1v) is 6.15. The normalized spacial score (nSPS) is 27.3. The Bertz CT molecular complexity index is 309. The molecule has 0 aromatic carbocycles. The molecule has 2 rings (SSSR count). The molecule has 2 atom stereocenters. The lowest BCUT2D eigenvalue weighted by Gasteiger charge is -2.21. The van der Waals surface area contributed by atoms with Gasteiger partial charge in [-0.1, -0.05) is 30.4 Å². The van der Waals surface area contributed by atoms with Crippen molar-refractivity contribution >= 4 is 0 Å². The molecule has 2 heteroatoms. The van der Waals surface area contributed by atoms with Crippen LogP contribution in [0.5, 0.6) is 0 Å². The lowest BCUT2D eigenvalue weighted by molar-refractivity contribution is -0.114. The van der Waals surface area contributed by atoms with Gasteiger partial charge in [0.15, 0.2) is 6.29 Å². The molecule has 0 aliphatic heterocycles. The van der Waals surface area contributed by atoms with Gasteiger partial charge in [0.1, 0.15) is 0 Å². The van der Waals surface area contributed by atoms with Crippen LogP contribution in [-0.2, 0) is 9.47 Å². The van der Waals surface area contributed by atoms with Gasteiger partial charge in [0.25, 0.3) is 0 Å². The Labute approximate surface area is 97.6 Å². The summed E-state index contributed by atoms with van der Waals surface area (Å²) >= 11 is 0. The van der Waals surface area contributed by atoms with Gasteiger partial charge in [0.05, 0.1) is 0 Å². The minimum atomic E-state index is -0.152. The monoisotopic (exact) mass is 220 g/mol. The van der Waals surface area contributed by atoms with E-state index in [1.807, 2.05) is 13.8 Å². The Morgan fingerprint density at radius 1 is 1.19 bits per heavy atom. The number of allylic oxidation sites excluding steroid dienone is 5. The highest BCUT2D eigenvalue weighted by atomic mass is 16.7. The molecule has 88 valence electrons. The molecule has 0 heterocycles. The van der Waals surface area contributed by atoms with Gasteiger partial charge in [0.2, 0.25) is 0 Å². The van der Waals surface area contributed by atoms with Crippen LogP contribution in [0.1, 0.15) is 20.3 Å². The Hall–Kier alpha value is -0.860. The molecule has 2 unspecified atom stereocenters. The van der Waals surface area contributed by atoms with Crippen molar-refractivity contribution in [3.8, 4) is 0 Å². The SMILES string of the molecule is CCOC(OCC)C1=CC2C=CC=CC1C2. The molecule has 2 nitrogen and oxygen atoms in total. The number of ether oxygens (including phenoxy) is 2. The van der Waals surface area contributed by atoms with E-state index in [1.165, 1.54) is 12.0 Å². The van der Waals surface area contributed by atoms with Crippen LogP contribution in [0.4, 0.5) is 0 Å². The van der Waals surface area contributed by atoms with Gasteiger partial charge in [-0.3, -0.25) is 0 Å². The van der Waals surface area contributed by atoms with Crippen LogP contribution in [0.2, 0.25) is 0 Å². The second-order valence-electron chi connectivity index (χ2n) is 4.19. The maximum Gasteiger partial charge on any atom is 0.180 e. The van der Waals surface area contributed by atoms with E-state index >= 15 is 0 Å². The van der Waals surface area contributed by atoms with Gasteiger partial charge in [-0.25, -0.2) is 0 Å². The molecular formula is C14H20O2. The summed E-state index contributed by atoms with van der Waals surface area (Å²) in [4.78, 5) is 0. The van der Waals surface area contributed by atoms with Crippen LogP contribution in [0.3, 0.4) is 0 Å². The van der Waals surface area contributed by atoms with Crippen LogP contribution >= 0.6 is 0 Å². The topological polar surface area (TPSA) is 18.5 Å². The lowest BCUT2D eigenvalue weighted by Crippen LogP contribution is -2.22. The molecule has 2 bridgehead atoms. The second-order valence-corrected chi connectivity index (χ2v) is 4.19. The van der Waals surface area contributed by atoms with Crippen molar-refractivity contribution < 1.29 is 9.47 Å². The fraction of sp³-hybridized carbons (Fsp3) is 0.571. The van der Waals surface area contributed by atoms with Crippen molar-refractivity contribution in [2.24, 2.45) is 11.8 Å². The van der Waals surface area contributed by atoms with E-state index in [0.29, 0.717) is 25.0 Å². The molecule has 0 fully saturated rings. The quantitative estimate of drug-likeness (QED) is 0.523. The molecule has 0 radical (unpaired) electrons. The Balaban J connectivity index is 2.12. The number of rotatable bonds is 5. The maximum atomic E-state index is 5.67. The van der Waals surface area contributed by atoms with Gasteiger partial charge in [-0.05, 0) is 31.8 Å². The molecule has 0 spiro atoms. The third-order valence-corrected chi connectivity index (χ3v) is 3.08. The minimum absolute atomic E-state index is 0.152.